The van der Waals surface area contributed by atoms with E-state index in [1.54, 1.807) is 6.08 Å². The Morgan fingerprint density at radius 3 is 2.11 bits per heavy atom. The first-order valence-corrected chi connectivity index (χ1v) is 5.78. The van der Waals surface area contributed by atoms with Crippen LogP contribution in [0.2, 0.25) is 0 Å². The number of amides is 3. The van der Waals surface area contributed by atoms with Crippen molar-refractivity contribution in [2.24, 2.45) is 0 Å². The molecule has 18 heavy (non-hydrogen) atoms. The van der Waals surface area contributed by atoms with Gasteiger partial charge < -0.3 is 5.32 Å². The molecule has 94 valence electrons. The number of hydrogen-bond donors (Lipinski definition) is 1. The van der Waals surface area contributed by atoms with Crippen LogP contribution in [0.1, 0.15) is 22.3 Å². The minimum absolute atomic E-state index is 0.292. The zero-order valence-electron chi connectivity index (χ0n) is 11.0. The van der Waals surface area contributed by atoms with Crippen LogP contribution in [0.4, 0.5) is 4.79 Å². The quantitative estimate of drug-likeness (QED) is 0.607. The van der Waals surface area contributed by atoms with Crippen molar-refractivity contribution in [2.75, 3.05) is 7.05 Å². The second kappa shape index (κ2) is 4.29. The third-order valence-electron chi connectivity index (χ3n) is 3.11. The lowest BCUT2D eigenvalue weighted by atomic mass is 9.99. The molecule has 4 nitrogen and oxygen atoms in total. The number of aryl methyl sites for hydroxylation is 3. The third kappa shape index (κ3) is 2.01. The lowest BCUT2D eigenvalue weighted by Crippen LogP contribution is -2.25. The summed E-state index contributed by atoms with van der Waals surface area (Å²) in [6, 6.07) is 3.74. The first-order valence-electron chi connectivity index (χ1n) is 5.78. The molecular formula is C14H16N2O2. The molecule has 0 bridgehead atoms. The van der Waals surface area contributed by atoms with Crippen molar-refractivity contribution >= 4 is 18.0 Å². The van der Waals surface area contributed by atoms with Gasteiger partial charge in [-0.3, -0.25) is 9.69 Å². The molecule has 4 heteroatoms. The van der Waals surface area contributed by atoms with Crippen LogP contribution in [0.25, 0.3) is 6.08 Å². The number of carbonyl (C=O) groups is 2. The molecule has 1 aliphatic heterocycles. The number of nitrogens with zero attached hydrogens (tertiary/aromatic N) is 1. The molecule has 1 aliphatic rings. The fraction of sp³-hybridized carbons (Fsp3) is 0.286. The summed E-state index contributed by atoms with van der Waals surface area (Å²) in [6.07, 6.45) is 1.74. The number of hydrogen-bond acceptors (Lipinski definition) is 2. The molecule has 1 fully saturated rings. The van der Waals surface area contributed by atoms with E-state index in [4.69, 9.17) is 0 Å². The topological polar surface area (TPSA) is 49.4 Å². The Hall–Kier alpha value is -2.10. The lowest BCUT2D eigenvalue weighted by Gasteiger charge is -2.08. The van der Waals surface area contributed by atoms with Gasteiger partial charge in [0.2, 0.25) is 0 Å². The van der Waals surface area contributed by atoms with E-state index in [0.29, 0.717) is 5.70 Å². The predicted molar refractivity (Wildman–Crippen MR) is 69.9 cm³/mol. The standard InChI is InChI=1S/C14H16N2O2/c1-8-5-9(2)11(10(3)6-8)7-12-13(17)16(4)14(18)15-12/h5-7H,1-4H3,(H,15,18)/b12-7+. The summed E-state index contributed by atoms with van der Waals surface area (Å²) in [5, 5.41) is 2.57. The Balaban J connectivity index is 2.47. The third-order valence-corrected chi connectivity index (χ3v) is 3.11. The van der Waals surface area contributed by atoms with Gasteiger partial charge in [0, 0.05) is 7.05 Å². The van der Waals surface area contributed by atoms with E-state index in [2.05, 4.69) is 17.4 Å². The molecule has 0 spiro atoms. The number of carbonyl (C=O) groups excluding carboxylic acids is 2. The molecule has 1 saturated heterocycles. The van der Waals surface area contributed by atoms with Gasteiger partial charge in [0.1, 0.15) is 5.70 Å². The van der Waals surface area contributed by atoms with Crippen LogP contribution in [0.15, 0.2) is 17.8 Å². The summed E-state index contributed by atoms with van der Waals surface area (Å²) in [6.45, 7) is 6.03. The zero-order valence-corrected chi connectivity index (χ0v) is 11.0. The molecule has 3 amide bonds. The molecule has 1 aromatic rings. The van der Waals surface area contributed by atoms with Crippen LogP contribution < -0.4 is 5.32 Å². The van der Waals surface area contributed by atoms with Crippen LogP contribution in [0.5, 0.6) is 0 Å². The molecule has 1 aromatic carbocycles. The van der Waals surface area contributed by atoms with Crippen molar-refractivity contribution in [1.29, 1.82) is 0 Å². The van der Waals surface area contributed by atoms with Crippen molar-refractivity contribution < 1.29 is 9.59 Å². The van der Waals surface area contributed by atoms with Gasteiger partial charge in [0.05, 0.1) is 0 Å². The van der Waals surface area contributed by atoms with Crippen LogP contribution in [0, 0.1) is 20.8 Å². The van der Waals surface area contributed by atoms with E-state index < -0.39 is 0 Å². The van der Waals surface area contributed by atoms with Crippen molar-refractivity contribution in [1.82, 2.24) is 10.2 Å². The summed E-state index contributed by atoms with van der Waals surface area (Å²) < 4.78 is 0. The van der Waals surface area contributed by atoms with E-state index in [9.17, 15) is 9.59 Å². The summed E-state index contributed by atoms with van der Waals surface area (Å²) in [5.74, 6) is -0.292. The van der Waals surface area contributed by atoms with Crippen molar-refractivity contribution in [3.8, 4) is 0 Å². The summed E-state index contributed by atoms with van der Waals surface area (Å²) in [5.41, 5.74) is 4.69. The monoisotopic (exact) mass is 244 g/mol. The largest absolute Gasteiger partial charge is 0.328 e. The van der Waals surface area contributed by atoms with Crippen molar-refractivity contribution in [3.05, 3.63) is 40.1 Å². The van der Waals surface area contributed by atoms with Crippen LogP contribution in [0.3, 0.4) is 0 Å². The van der Waals surface area contributed by atoms with Gasteiger partial charge in [-0.1, -0.05) is 17.7 Å². The highest BCUT2D eigenvalue weighted by Gasteiger charge is 2.30. The molecule has 0 radical (unpaired) electrons. The smallest absolute Gasteiger partial charge is 0.303 e. The lowest BCUT2D eigenvalue weighted by molar-refractivity contribution is -0.121. The van der Waals surface area contributed by atoms with E-state index in [-0.39, 0.29) is 11.9 Å². The molecule has 2 rings (SSSR count). The summed E-state index contributed by atoms with van der Waals surface area (Å²) >= 11 is 0. The average Bonchev–Trinajstić information content (AvgIpc) is 2.51. The van der Waals surface area contributed by atoms with Crippen LogP contribution in [-0.4, -0.2) is 23.9 Å². The highest BCUT2D eigenvalue weighted by atomic mass is 16.2. The van der Waals surface area contributed by atoms with Crippen LogP contribution in [-0.2, 0) is 4.79 Å². The van der Waals surface area contributed by atoms with Crippen molar-refractivity contribution in [3.63, 3.8) is 0 Å². The fourth-order valence-electron chi connectivity index (χ4n) is 2.19. The second-order valence-corrected chi connectivity index (χ2v) is 4.66. The van der Waals surface area contributed by atoms with Gasteiger partial charge in [-0.05, 0) is 43.5 Å². The Morgan fingerprint density at radius 1 is 1.11 bits per heavy atom. The van der Waals surface area contributed by atoms with E-state index in [0.717, 1.165) is 21.6 Å². The summed E-state index contributed by atoms with van der Waals surface area (Å²) in [7, 11) is 1.47. The maximum atomic E-state index is 11.8. The average molecular weight is 244 g/mol. The molecule has 0 unspecified atom stereocenters. The predicted octanol–water partition coefficient (Wildman–Crippen LogP) is 2.13. The SMILES string of the molecule is Cc1cc(C)c(/C=C2/NC(=O)N(C)C2=O)c(C)c1. The zero-order chi connectivity index (χ0) is 13.4. The number of nitrogens with one attached hydrogen (secondary N) is 1. The Bertz CT molecular complexity index is 550. The Labute approximate surface area is 106 Å². The van der Waals surface area contributed by atoms with Crippen molar-refractivity contribution in [2.45, 2.75) is 20.8 Å². The number of likely N-dealkylation sites (N-methyl/N-ethyl adjacent to an activating group) is 1. The first-order chi connectivity index (χ1) is 8.40. The van der Waals surface area contributed by atoms with E-state index >= 15 is 0 Å². The maximum absolute atomic E-state index is 11.8. The van der Waals surface area contributed by atoms with E-state index in [1.165, 1.54) is 12.6 Å². The number of urea groups is 1. The second-order valence-electron chi connectivity index (χ2n) is 4.66. The van der Waals surface area contributed by atoms with Gasteiger partial charge in [0.15, 0.2) is 0 Å². The number of imide groups is 1. The van der Waals surface area contributed by atoms with Gasteiger partial charge >= 0.3 is 6.03 Å². The van der Waals surface area contributed by atoms with E-state index in [1.807, 2.05) is 20.8 Å². The molecular weight excluding hydrogens is 228 g/mol. The van der Waals surface area contributed by atoms with Gasteiger partial charge in [-0.2, -0.15) is 0 Å². The fourth-order valence-corrected chi connectivity index (χ4v) is 2.19. The Kier molecular flexibility index (Phi) is 2.95. The number of benzene rings is 1. The first kappa shape index (κ1) is 12.4. The van der Waals surface area contributed by atoms with Gasteiger partial charge in [0.25, 0.3) is 5.91 Å². The van der Waals surface area contributed by atoms with Gasteiger partial charge in [-0.25, -0.2) is 4.79 Å². The molecule has 0 atom stereocenters. The molecule has 0 aromatic heterocycles. The minimum Gasteiger partial charge on any atom is -0.303 e. The minimum atomic E-state index is -0.381. The number of rotatable bonds is 1. The summed E-state index contributed by atoms with van der Waals surface area (Å²) in [4.78, 5) is 24.2. The molecule has 0 aliphatic carbocycles. The Morgan fingerprint density at radius 2 is 1.67 bits per heavy atom. The highest BCUT2D eigenvalue weighted by molar-refractivity contribution is 6.13. The molecule has 1 N–H and O–H groups in total. The maximum Gasteiger partial charge on any atom is 0.328 e. The molecule has 0 saturated carbocycles. The normalized spacial score (nSPS) is 17.6. The van der Waals surface area contributed by atoms with Crippen LogP contribution >= 0.6 is 0 Å². The van der Waals surface area contributed by atoms with Gasteiger partial charge in [-0.15, -0.1) is 0 Å². The molecule has 1 heterocycles. The highest BCUT2D eigenvalue weighted by Crippen LogP contribution is 2.20.